The highest BCUT2D eigenvalue weighted by Gasteiger charge is 2.20. The van der Waals surface area contributed by atoms with E-state index in [0.29, 0.717) is 5.06 Å². The Morgan fingerprint density at radius 2 is 1.78 bits per heavy atom. The summed E-state index contributed by atoms with van der Waals surface area (Å²) in [6, 6.07) is 0. The first-order chi connectivity index (χ1) is 4.06. The molecule has 0 unspecified atom stereocenters. The minimum atomic E-state index is -1.03. The van der Waals surface area contributed by atoms with Gasteiger partial charge in [0.1, 0.15) is 0 Å². The van der Waals surface area contributed by atoms with Gasteiger partial charge in [0.15, 0.2) is 0 Å². The van der Waals surface area contributed by atoms with Gasteiger partial charge in [0, 0.05) is 0 Å². The molecule has 0 fully saturated rings. The third-order valence-electron chi connectivity index (χ3n) is 1.44. The summed E-state index contributed by atoms with van der Waals surface area (Å²) >= 11 is 0. The maximum Gasteiger partial charge on any atom is 0.0626 e. The van der Waals surface area contributed by atoms with Gasteiger partial charge in [0.25, 0.3) is 0 Å². The normalized spacial score (nSPS) is 12.7. The zero-order valence-electron chi connectivity index (χ0n) is 5.66. The lowest BCUT2D eigenvalue weighted by atomic mass is 10.1. The second-order valence-corrected chi connectivity index (χ2v) is 2.31. The predicted molar refractivity (Wildman–Crippen MR) is 33.7 cm³/mol. The minimum absolute atomic E-state index is 0.330. The van der Waals surface area contributed by atoms with Gasteiger partial charge in [-0.3, -0.25) is 0 Å². The molecule has 0 aromatic rings. The highest BCUT2D eigenvalue weighted by Crippen LogP contribution is 2.08. The Labute approximate surface area is 54.3 Å². The molecule has 0 bridgehead atoms. The SMILES string of the molecule is CN([O-])C(C)(CO)CO. The number of aliphatic hydroxyl groups is 2. The Bertz CT molecular complexity index is 80.3. The fraction of sp³-hybridized carbons (Fsp3) is 1.00. The van der Waals surface area contributed by atoms with Crippen molar-refractivity contribution in [3.8, 4) is 0 Å². The summed E-state index contributed by atoms with van der Waals surface area (Å²) in [5.74, 6) is 0. The molecule has 0 aliphatic heterocycles. The number of hydroxylamine groups is 2. The second kappa shape index (κ2) is 3.12. The van der Waals surface area contributed by atoms with Crippen LogP contribution >= 0.6 is 0 Å². The van der Waals surface area contributed by atoms with Crippen molar-refractivity contribution >= 4 is 0 Å². The highest BCUT2D eigenvalue weighted by molar-refractivity contribution is 4.82. The van der Waals surface area contributed by atoms with Crippen LogP contribution in [0.15, 0.2) is 0 Å². The maximum absolute atomic E-state index is 10.5. The molecule has 0 spiro atoms. The van der Waals surface area contributed by atoms with Gasteiger partial charge in [-0.15, -0.1) is 0 Å². The summed E-state index contributed by atoms with van der Waals surface area (Å²) in [4.78, 5) is 0. The number of hydrogen-bond acceptors (Lipinski definition) is 4. The van der Waals surface area contributed by atoms with E-state index in [2.05, 4.69) is 0 Å². The van der Waals surface area contributed by atoms with E-state index in [1.807, 2.05) is 0 Å². The molecule has 56 valence electrons. The first-order valence-corrected chi connectivity index (χ1v) is 2.69. The van der Waals surface area contributed by atoms with Crippen molar-refractivity contribution in [1.82, 2.24) is 5.06 Å². The Balaban J connectivity index is 3.92. The van der Waals surface area contributed by atoms with Crippen molar-refractivity contribution in [2.24, 2.45) is 0 Å². The van der Waals surface area contributed by atoms with Gasteiger partial charge in [0.2, 0.25) is 0 Å². The molecule has 0 aromatic carbocycles. The van der Waals surface area contributed by atoms with E-state index in [0.717, 1.165) is 0 Å². The fourth-order valence-corrected chi connectivity index (χ4v) is 0.249. The molecule has 4 heteroatoms. The number of aliphatic hydroxyl groups excluding tert-OH is 2. The molecule has 0 saturated carbocycles. The number of nitrogens with zero attached hydrogens (tertiary/aromatic N) is 1. The van der Waals surface area contributed by atoms with Gasteiger partial charge >= 0.3 is 0 Å². The molecular formula is C5H12NO3-. The largest absolute Gasteiger partial charge is 0.785 e. The van der Waals surface area contributed by atoms with Gasteiger partial charge in [-0.05, 0) is 14.0 Å². The van der Waals surface area contributed by atoms with Crippen LogP contribution in [0.3, 0.4) is 0 Å². The summed E-state index contributed by atoms with van der Waals surface area (Å²) in [6.45, 7) is 0.826. The summed E-state index contributed by atoms with van der Waals surface area (Å²) in [6.07, 6.45) is 0. The predicted octanol–water partition coefficient (Wildman–Crippen LogP) is -0.841. The molecule has 0 rings (SSSR count). The van der Waals surface area contributed by atoms with Gasteiger partial charge in [-0.2, -0.15) is 0 Å². The van der Waals surface area contributed by atoms with E-state index < -0.39 is 5.54 Å². The van der Waals surface area contributed by atoms with Crippen LogP contribution in [0.1, 0.15) is 6.92 Å². The average Bonchev–Trinajstić information content (AvgIpc) is 1.86. The Kier molecular flexibility index (Phi) is 3.07. The smallest absolute Gasteiger partial charge is 0.0626 e. The van der Waals surface area contributed by atoms with E-state index in [1.165, 1.54) is 14.0 Å². The van der Waals surface area contributed by atoms with Crippen molar-refractivity contribution in [2.45, 2.75) is 12.5 Å². The zero-order chi connectivity index (χ0) is 7.49. The van der Waals surface area contributed by atoms with Crippen LogP contribution in [-0.4, -0.2) is 41.1 Å². The summed E-state index contributed by atoms with van der Waals surface area (Å²) in [7, 11) is 1.27. The van der Waals surface area contributed by atoms with Crippen molar-refractivity contribution in [1.29, 1.82) is 0 Å². The molecule has 4 nitrogen and oxygen atoms in total. The quantitative estimate of drug-likeness (QED) is 0.494. The van der Waals surface area contributed by atoms with E-state index >= 15 is 0 Å². The van der Waals surface area contributed by atoms with Crippen LogP contribution in [-0.2, 0) is 0 Å². The molecule has 0 aliphatic carbocycles. The molecule has 0 heterocycles. The molecule has 0 saturated heterocycles. The van der Waals surface area contributed by atoms with E-state index in [-0.39, 0.29) is 13.2 Å². The number of likely N-dealkylation sites (N-methyl/N-ethyl adjacent to an activating group) is 1. The second-order valence-electron chi connectivity index (χ2n) is 2.31. The first-order valence-electron chi connectivity index (χ1n) is 2.69. The summed E-state index contributed by atoms with van der Waals surface area (Å²) < 4.78 is 0. The van der Waals surface area contributed by atoms with Crippen LogP contribution in [0.4, 0.5) is 0 Å². The first kappa shape index (κ1) is 8.84. The van der Waals surface area contributed by atoms with Gasteiger partial charge in [0.05, 0.1) is 18.8 Å². The molecular weight excluding hydrogens is 122 g/mol. The maximum atomic E-state index is 10.5. The van der Waals surface area contributed by atoms with Gasteiger partial charge in [-0.1, -0.05) is 0 Å². The lowest BCUT2D eigenvalue weighted by Crippen LogP contribution is -2.46. The van der Waals surface area contributed by atoms with Crippen molar-refractivity contribution in [3.05, 3.63) is 5.21 Å². The Morgan fingerprint density at radius 3 is 1.78 bits per heavy atom. The van der Waals surface area contributed by atoms with Crippen LogP contribution in [0, 0.1) is 5.21 Å². The Hall–Kier alpha value is -0.160. The highest BCUT2D eigenvalue weighted by atomic mass is 16.5. The molecule has 0 aliphatic rings. The lowest BCUT2D eigenvalue weighted by molar-refractivity contribution is 0.0428. The Morgan fingerprint density at radius 1 is 1.44 bits per heavy atom. The lowest BCUT2D eigenvalue weighted by Gasteiger charge is -2.40. The van der Waals surface area contributed by atoms with Crippen LogP contribution in [0.2, 0.25) is 0 Å². The van der Waals surface area contributed by atoms with Crippen LogP contribution in [0.25, 0.3) is 0 Å². The molecule has 2 N–H and O–H groups in total. The van der Waals surface area contributed by atoms with Gasteiger partial charge < -0.3 is 20.5 Å². The summed E-state index contributed by atoms with van der Waals surface area (Å²) in [5.41, 5.74) is -1.03. The van der Waals surface area contributed by atoms with Crippen molar-refractivity contribution < 1.29 is 10.2 Å². The van der Waals surface area contributed by atoms with Gasteiger partial charge in [-0.25, -0.2) is 0 Å². The standard InChI is InChI=1S/C5H12NO3/c1-5(3-7,4-8)6(2)9/h7-8H,3-4H2,1-2H3/q-1. The number of rotatable bonds is 3. The zero-order valence-corrected chi connectivity index (χ0v) is 5.66. The van der Waals surface area contributed by atoms with Crippen LogP contribution < -0.4 is 0 Å². The molecule has 0 radical (unpaired) electrons. The van der Waals surface area contributed by atoms with Crippen molar-refractivity contribution in [2.75, 3.05) is 20.3 Å². The third kappa shape index (κ3) is 1.91. The van der Waals surface area contributed by atoms with Crippen LogP contribution in [0.5, 0.6) is 0 Å². The average molecular weight is 134 g/mol. The molecule has 0 aromatic heterocycles. The topological polar surface area (TPSA) is 66.8 Å². The molecule has 0 atom stereocenters. The minimum Gasteiger partial charge on any atom is -0.785 e. The molecule has 9 heavy (non-hydrogen) atoms. The third-order valence-corrected chi connectivity index (χ3v) is 1.44. The van der Waals surface area contributed by atoms with E-state index in [4.69, 9.17) is 10.2 Å². The van der Waals surface area contributed by atoms with E-state index in [9.17, 15) is 5.21 Å². The molecule has 0 amide bonds. The summed E-state index contributed by atoms with van der Waals surface area (Å²) in [5, 5.41) is 28.2. The van der Waals surface area contributed by atoms with Crippen molar-refractivity contribution in [3.63, 3.8) is 0 Å². The fourth-order valence-electron chi connectivity index (χ4n) is 0.249. The number of hydrogen-bond donors (Lipinski definition) is 2. The van der Waals surface area contributed by atoms with E-state index in [1.54, 1.807) is 0 Å². The monoisotopic (exact) mass is 134 g/mol.